The number of esters is 1. The monoisotopic (exact) mass is 410 g/mol. The number of likely N-dealkylation sites (N-methyl/N-ethyl adjacent to an activating group) is 1. The highest BCUT2D eigenvalue weighted by Gasteiger charge is 2.13. The summed E-state index contributed by atoms with van der Waals surface area (Å²) in [6.45, 7) is 0.121. The topological polar surface area (TPSA) is 68.2 Å². The van der Waals surface area contributed by atoms with E-state index in [0.717, 1.165) is 33.3 Å². The summed E-state index contributed by atoms with van der Waals surface area (Å²) in [6.07, 6.45) is 9.33. The van der Waals surface area contributed by atoms with E-state index in [1.54, 1.807) is 23.5 Å². The molecule has 154 valence electrons. The maximum absolute atomic E-state index is 11.7. The van der Waals surface area contributed by atoms with Crippen LogP contribution in [0.5, 0.6) is 0 Å². The maximum Gasteiger partial charge on any atom is 0.325 e. The number of benzene rings is 1. The van der Waals surface area contributed by atoms with Gasteiger partial charge < -0.3 is 9.64 Å². The van der Waals surface area contributed by atoms with E-state index < -0.39 is 0 Å². The van der Waals surface area contributed by atoms with E-state index in [0.29, 0.717) is 5.82 Å². The van der Waals surface area contributed by atoms with Crippen LogP contribution in [-0.2, 0) is 9.53 Å². The molecule has 0 aliphatic carbocycles. The first kappa shape index (κ1) is 20.2. The van der Waals surface area contributed by atoms with Crippen LogP contribution in [-0.4, -0.2) is 41.6 Å². The van der Waals surface area contributed by atoms with Crippen LogP contribution in [0.15, 0.2) is 73.2 Å². The quantitative estimate of drug-likeness (QED) is 0.437. The lowest BCUT2D eigenvalue weighted by atomic mass is 10.00. The number of anilines is 1. The molecule has 0 saturated heterocycles. The van der Waals surface area contributed by atoms with Crippen LogP contribution in [0.4, 0.5) is 5.82 Å². The van der Waals surface area contributed by atoms with E-state index >= 15 is 0 Å². The third kappa shape index (κ3) is 4.75. The average molecular weight is 410 g/mol. The molecule has 3 aromatic heterocycles. The number of nitrogens with zero attached hydrogens (tertiary/aromatic N) is 4. The Morgan fingerprint density at radius 2 is 1.87 bits per heavy atom. The molecule has 0 fully saturated rings. The molecule has 0 amide bonds. The molecule has 1 aromatic carbocycles. The van der Waals surface area contributed by atoms with E-state index in [1.807, 2.05) is 67.7 Å². The lowest BCUT2D eigenvalue weighted by Crippen LogP contribution is -2.27. The highest BCUT2D eigenvalue weighted by Crippen LogP contribution is 2.32. The standard InChI is InChI=1S/C25H22N4O2/c1-29(17-25(30)31-2)24-16-21(19-10-13-26-14-11-19)22-15-18(7-9-23(22)28-24)6-8-20-5-3-4-12-27-20/h3-16H,17H2,1-2H3/b8-6+. The minimum absolute atomic E-state index is 0.121. The van der Waals surface area contributed by atoms with E-state index in [-0.39, 0.29) is 12.5 Å². The Kier molecular flexibility index (Phi) is 5.98. The Morgan fingerprint density at radius 3 is 2.61 bits per heavy atom. The molecule has 0 aliphatic heterocycles. The van der Waals surface area contributed by atoms with Crippen LogP contribution in [0.25, 0.3) is 34.2 Å². The van der Waals surface area contributed by atoms with Gasteiger partial charge in [0.25, 0.3) is 0 Å². The van der Waals surface area contributed by atoms with Crippen molar-refractivity contribution in [3.8, 4) is 11.1 Å². The normalized spacial score (nSPS) is 11.0. The van der Waals surface area contributed by atoms with Gasteiger partial charge in [0.05, 0.1) is 18.3 Å². The van der Waals surface area contributed by atoms with Gasteiger partial charge in [0.1, 0.15) is 12.4 Å². The van der Waals surface area contributed by atoms with Crippen LogP contribution in [0.3, 0.4) is 0 Å². The first-order valence-electron chi connectivity index (χ1n) is 9.86. The van der Waals surface area contributed by atoms with Crippen molar-refractivity contribution in [2.45, 2.75) is 0 Å². The number of hydrogen-bond acceptors (Lipinski definition) is 6. The second-order valence-electron chi connectivity index (χ2n) is 7.06. The summed E-state index contributed by atoms with van der Waals surface area (Å²) in [5, 5.41) is 1.02. The van der Waals surface area contributed by atoms with Crippen molar-refractivity contribution in [2.24, 2.45) is 0 Å². The molecule has 0 bridgehead atoms. The van der Waals surface area contributed by atoms with Crippen molar-refractivity contribution in [3.63, 3.8) is 0 Å². The van der Waals surface area contributed by atoms with Crippen LogP contribution in [0.2, 0.25) is 0 Å². The van der Waals surface area contributed by atoms with Gasteiger partial charge in [0.15, 0.2) is 0 Å². The lowest BCUT2D eigenvalue weighted by Gasteiger charge is -2.19. The molecule has 0 saturated carbocycles. The molecule has 4 aromatic rings. The smallest absolute Gasteiger partial charge is 0.325 e. The molecule has 6 heteroatoms. The van der Waals surface area contributed by atoms with Crippen LogP contribution in [0, 0.1) is 0 Å². The van der Waals surface area contributed by atoms with Gasteiger partial charge in [-0.3, -0.25) is 14.8 Å². The predicted molar refractivity (Wildman–Crippen MR) is 123 cm³/mol. The first-order valence-corrected chi connectivity index (χ1v) is 9.86. The summed E-state index contributed by atoms with van der Waals surface area (Å²) in [5.74, 6) is 0.381. The van der Waals surface area contributed by atoms with Gasteiger partial charge in [-0.05, 0) is 65.2 Å². The van der Waals surface area contributed by atoms with Gasteiger partial charge in [0.2, 0.25) is 0 Å². The Labute approximate surface area is 180 Å². The molecular formula is C25H22N4O2. The summed E-state index contributed by atoms with van der Waals surface area (Å²) in [5.41, 5.74) is 4.84. The summed E-state index contributed by atoms with van der Waals surface area (Å²) in [6, 6.07) is 17.9. The van der Waals surface area contributed by atoms with E-state index in [2.05, 4.69) is 16.0 Å². The maximum atomic E-state index is 11.7. The molecular weight excluding hydrogens is 388 g/mol. The van der Waals surface area contributed by atoms with Crippen LogP contribution >= 0.6 is 0 Å². The Balaban J connectivity index is 1.79. The van der Waals surface area contributed by atoms with Gasteiger partial charge in [-0.2, -0.15) is 0 Å². The zero-order chi connectivity index (χ0) is 21.6. The van der Waals surface area contributed by atoms with Crippen LogP contribution < -0.4 is 4.90 Å². The Hall–Kier alpha value is -4.06. The van der Waals surface area contributed by atoms with E-state index in [4.69, 9.17) is 9.72 Å². The second kappa shape index (κ2) is 9.17. The van der Waals surface area contributed by atoms with Gasteiger partial charge >= 0.3 is 5.97 Å². The number of fused-ring (bicyclic) bond motifs is 1. The lowest BCUT2D eigenvalue weighted by molar-refractivity contribution is -0.138. The minimum atomic E-state index is -0.315. The third-order valence-corrected chi connectivity index (χ3v) is 4.93. The average Bonchev–Trinajstić information content (AvgIpc) is 2.83. The van der Waals surface area contributed by atoms with E-state index in [9.17, 15) is 4.79 Å². The van der Waals surface area contributed by atoms with Crippen molar-refractivity contribution >= 4 is 34.8 Å². The minimum Gasteiger partial charge on any atom is -0.468 e. The summed E-state index contributed by atoms with van der Waals surface area (Å²) < 4.78 is 4.79. The number of carbonyl (C=O) groups is 1. The number of methoxy groups -OCH3 is 1. The number of carbonyl (C=O) groups excluding carboxylic acids is 1. The Bertz CT molecular complexity index is 1220. The van der Waals surface area contributed by atoms with Gasteiger partial charge in [-0.25, -0.2) is 4.98 Å². The molecule has 4 rings (SSSR count). The van der Waals surface area contributed by atoms with Crippen molar-refractivity contribution in [3.05, 3.63) is 84.4 Å². The summed E-state index contributed by atoms with van der Waals surface area (Å²) >= 11 is 0. The van der Waals surface area contributed by atoms with Crippen molar-refractivity contribution in [1.82, 2.24) is 15.0 Å². The SMILES string of the molecule is COC(=O)CN(C)c1cc(-c2ccncc2)c2cc(/C=C/c3ccccn3)ccc2n1. The third-order valence-electron chi connectivity index (χ3n) is 4.93. The zero-order valence-electron chi connectivity index (χ0n) is 17.4. The molecule has 31 heavy (non-hydrogen) atoms. The number of rotatable bonds is 6. The first-order chi connectivity index (χ1) is 15.1. The van der Waals surface area contributed by atoms with Crippen molar-refractivity contribution in [2.75, 3.05) is 25.6 Å². The molecule has 0 unspecified atom stereocenters. The number of ether oxygens (including phenoxy) is 1. The van der Waals surface area contributed by atoms with E-state index in [1.165, 1.54) is 7.11 Å². The second-order valence-corrected chi connectivity index (χ2v) is 7.06. The Morgan fingerprint density at radius 1 is 1.03 bits per heavy atom. The fraction of sp³-hybridized carbons (Fsp3) is 0.120. The predicted octanol–water partition coefficient (Wildman–Crippen LogP) is 4.47. The zero-order valence-corrected chi connectivity index (χ0v) is 17.4. The highest BCUT2D eigenvalue weighted by molar-refractivity contribution is 5.97. The van der Waals surface area contributed by atoms with Gasteiger partial charge in [0, 0.05) is 31.0 Å². The number of aromatic nitrogens is 3. The molecule has 0 aliphatic rings. The fourth-order valence-electron chi connectivity index (χ4n) is 3.29. The summed E-state index contributed by atoms with van der Waals surface area (Å²) in [4.78, 5) is 26.8. The molecule has 0 radical (unpaired) electrons. The fourth-order valence-corrected chi connectivity index (χ4v) is 3.29. The molecule has 0 atom stereocenters. The van der Waals surface area contributed by atoms with Crippen LogP contribution in [0.1, 0.15) is 11.3 Å². The number of hydrogen-bond donors (Lipinski definition) is 0. The summed E-state index contributed by atoms with van der Waals surface area (Å²) in [7, 11) is 3.21. The number of pyridine rings is 3. The molecule has 0 spiro atoms. The van der Waals surface area contributed by atoms with Gasteiger partial charge in [-0.15, -0.1) is 0 Å². The van der Waals surface area contributed by atoms with Gasteiger partial charge in [-0.1, -0.05) is 18.2 Å². The molecule has 6 nitrogen and oxygen atoms in total. The highest BCUT2D eigenvalue weighted by atomic mass is 16.5. The van der Waals surface area contributed by atoms with Crippen molar-refractivity contribution in [1.29, 1.82) is 0 Å². The van der Waals surface area contributed by atoms with Crippen molar-refractivity contribution < 1.29 is 9.53 Å². The largest absolute Gasteiger partial charge is 0.468 e. The molecule has 3 heterocycles. The molecule has 0 N–H and O–H groups in total.